The van der Waals surface area contributed by atoms with E-state index in [-0.39, 0.29) is 19.3 Å². The van der Waals surface area contributed by atoms with Gasteiger partial charge >= 0.3 is 7.12 Å². The van der Waals surface area contributed by atoms with Crippen LogP contribution in [-0.4, -0.2) is 19.3 Å². The van der Waals surface area contributed by atoms with Gasteiger partial charge in [-0.2, -0.15) is 0 Å². The number of hydrogen-bond donors (Lipinski definition) is 0. The van der Waals surface area contributed by atoms with Gasteiger partial charge in [0.05, 0.1) is 12.2 Å². The molecule has 0 aromatic rings. The predicted molar refractivity (Wildman–Crippen MR) is 32.7 cm³/mol. The van der Waals surface area contributed by atoms with Crippen LogP contribution in [0.25, 0.3) is 0 Å². The van der Waals surface area contributed by atoms with Crippen LogP contribution in [0.1, 0.15) is 13.8 Å². The van der Waals surface area contributed by atoms with E-state index in [9.17, 15) is 0 Å². The normalized spacial score (nSPS) is 38.6. The van der Waals surface area contributed by atoms with Gasteiger partial charge in [-0.05, 0) is 20.7 Å². The molecule has 0 aliphatic carbocycles. The SMILES string of the molecule is CB1O[C@H](C)[C@@H](C)O1. The second-order valence-corrected chi connectivity index (χ2v) is 2.25. The van der Waals surface area contributed by atoms with Crippen LogP contribution in [0.5, 0.6) is 0 Å². The van der Waals surface area contributed by atoms with Crippen molar-refractivity contribution in [2.24, 2.45) is 0 Å². The lowest BCUT2D eigenvalue weighted by molar-refractivity contribution is 0.187. The molecule has 3 heteroatoms. The van der Waals surface area contributed by atoms with Crippen molar-refractivity contribution in [2.75, 3.05) is 0 Å². The Morgan fingerprint density at radius 1 is 1.12 bits per heavy atom. The third-order valence-electron chi connectivity index (χ3n) is 1.47. The summed E-state index contributed by atoms with van der Waals surface area (Å²) < 4.78 is 10.5. The standard InChI is InChI=1S/C5H11BO2/c1-4-5(2)8-6(3)7-4/h4-5H,1-3H3/t4-,5-/m1/s1. The van der Waals surface area contributed by atoms with Crippen LogP contribution in [0, 0.1) is 0 Å². The van der Waals surface area contributed by atoms with Gasteiger partial charge in [0.2, 0.25) is 0 Å². The average molecular weight is 114 g/mol. The van der Waals surface area contributed by atoms with Crippen molar-refractivity contribution < 1.29 is 9.31 Å². The fraction of sp³-hybridized carbons (Fsp3) is 1.00. The fourth-order valence-corrected chi connectivity index (χ4v) is 0.858. The van der Waals surface area contributed by atoms with Gasteiger partial charge in [0.25, 0.3) is 0 Å². The van der Waals surface area contributed by atoms with Gasteiger partial charge in [-0.15, -0.1) is 0 Å². The molecule has 1 heterocycles. The van der Waals surface area contributed by atoms with E-state index in [0.29, 0.717) is 0 Å². The van der Waals surface area contributed by atoms with E-state index in [1.807, 2.05) is 20.7 Å². The minimum atomic E-state index is -0.000000000000000222. The van der Waals surface area contributed by atoms with Crippen molar-refractivity contribution in [3.63, 3.8) is 0 Å². The summed E-state index contributed by atoms with van der Waals surface area (Å²) in [6, 6.07) is 0. The molecule has 1 saturated heterocycles. The molecule has 46 valence electrons. The molecule has 2 atom stereocenters. The largest absolute Gasteiger partial charge is 0.454 e. The van der Waals surface area contributed by atoms with E-state index in [1.54, 1.807) is 0 Å². The lowest BCUT2D eigenvalue weighted by Crippen LogP contribution is -2.13. The molecule has 0 saturated carbocycles. The first-order valence-electron chi connectivity index (χ1n) is 3.01. The maximum absolute atomic E-state index is 5.25. The molecule has 1 rings (SSSR count). The molecule has 2 nitrogen and oxygen atoms in total. The maximum Gasteiger partial charge on any atom is 0.454 e. The molecule has 0 bridgehead atoms. The Kier molecular flexibility index (Phi) is 1.58. The first-order chi connectivity index (χ1) is 3.70. The molecule has 0 unspecified atom stereocenters. The smallest absolute Gasteiger partial charge is 0.406 e. The summed E-state index contributed by atoms with van der Waals surface area (Å²) in [5.41, 5.74) is 0. The molecular formula is C5H11BO2. The van der Waals surface area contributed by atoms with E-state index in [1.165, 1.54) is 0 Å². The topological polar surface area (TPSA) is 18.5 Å². The number of rotatable bonds is 0. The lowest BCUT2D eigenvalue weighted by atomic mass is 9.97. The van der Waals surface area contributed by atoms with Crippen LogP contribution in [0.3, 0.4) is 0 Å². The van der Waals surface area contributed by atoms with E-state index >= 15 is 0 Å². The van der Waals surface area contributed by atoms with Crippen molar-refractivity contribution in [1.82, 2.24) is 0 Å². The minimum Gasteiger partial charge on any atom is -0.406 e. The molecule has 0 spiro atoms. The Morgan fingerprint density at radius 3 is 1.62 bits per heavy atom. The van der Waals surface area contributed by atoms with Crippen LogP contribution in [0.15, 0.2) is 0 Å². The zero-order valence-electron chi connectivity index (χ0n) is 5.55. The molecular weight excluding hydrogens is 103 g/mol. The molecule has 0 aromatic carbocycles. The van der Waals surface area contributed by atoms with Crippen molar-refractivity contribution in [3.05, 3.63) is 0 Å². The zero-order chi connectivity index (χ0) is 6.15. The van der Waals surface area contributed by atoms with Gasteiger partial charge in [0.1, 0.15) is 0 Å². The Bertz CT molecular complexity index is 76.5. The average Bonchev–Trinajstić information content (AvgIpc) is 1.85. The van der Waals surface area contributed by atoms with Crippen LogP contribution >= 0.6 is 0 Å². The first-order valence-corrected chi connectivity index (χ1v) is 3.01. The molecule has 0 N–H and O–H groups in total. The van der Waals surface area contributed by atoms with Crippen LogP contribution in [-0.2, 0) is 9.31 Å². The van der Waals surface area contributed by atoms with Gasteiger partial charge in [-0.3, -0.25) is 0 Å². The van der Waals surface area contributed by atoms with Crippen molar-refractivity contribution in [3.8, 4) is 0 Å². The summed E-state index contributed by atoms with van der Waals surface area (Å²) in [5.74, 6) is 0. The van der Waals surface area contributed by atoms with Gasteiger partial charge in [-0.25, -0.2) is 0 Å². The monoisotopic (exact) mass is 114 g/mol. The molecule has 0 amide bonds. The fourth-order valence-electron chi connectivity index (χ4n) is 0.858. The first kappa shape index (κ1) is 6.11. The van der Waals surface area contributed by atoms with E-state index in [4.69, 9.17) is 9.31 Å². The molecule has 8 heavy (non-hydrogen) atoms. The van der Waals surface area contributed by atoms with Gasteiger partial charge in [0, 0.05) is 0 Å². The quantitative estimate of drug-likeness (QED) is 0.436. The van der Waals surface area contributed by atoms with Crippen molar-refractivity contribution in [1.29, 1.82) is 0 Å². The van der Waals surface area contributed by atoms with Gasteiger partial charge in [0.15, 0.2) is 0 Å². The second-order valence-electron chi connectivity index (χ2n) is 2.25. The van der Waals surface area contributed by atoms with Crippen molar-refractivity contribution >= 4 is 7.12 Å². The van der Waals surface area contributed by atoms with Crippen molar-refractivity contribution in [2.45, 2.75) is 32.9 Å². The predicted octanol–water partition coefficient (Wildman–Crippen LogP) is 0.928. The number of hydrogen-bond acceptors (Lipinski definition) is 2. The summed E-state index contributed by atoms with van der Waals surface area (Å²) >= 11 is 0. The highest BCUT2D eigenvalue weighted by Gasteiger charge is 2.29. The van der Waals surface area contributed by atoms with E-state index in [2.05, 4.69) is 0 Å². The minimum absolute atomic E-state index is 0.000000000000000222. The van der Waals surface area contributed by atoms with Crippen LogP contribution in [0.2, 0.25) is 6.82 Å². The highest BCUT2D eigenvalue weighted by molar-refractivity contribution is 6.43. The highest BCUT2D eigenvalue weighted by atomic mass is 16.6. The zero-order valence-corrected chi connectivity index (χ0v) is 5.55. The summed E-state index contributed by atoms with van der Waals surface area (Å²) in [5, 5.41) is 0. The maximum atomic E-state index is 5.25. The lowest BCUT2D eigenvalue weighted by Gasteiger charge is -2.04. The van der Waals surface area contributed by atoms with Crippen LogP contribution < -0.4 is 0 Å². The summed E-state index contributed by atoms with van der Waals surface area (Å²) in [7, 11) is -0.000000000000000222. The Labute approximate surface area is 50.3 Å². The van der Waals surface area contributed by atoms with Gasteiger partial charge < -0.3 is 9.31 Å². The molecule has 1 fully saturated rings. The molecule has 0 radical (unpaired) electrons. The van der Waals surface area contributed by atoms with E-state index < -0.39 is 0 Å². The molecule has 1 aliphatic rings. The third-order valence-corrected chi connectivity index (χ3v) is 1.47. The van der Waals surface area contributed by atoms with E-state index in [0.717, 1.165) is 0 Å². The Balaban J connectivity index is 2.39. The highest BCUT2D eigenvalue weighted by Crippen LogP contribution is 2.14. The third kappa shape index (κ3) is 1.04. The Morgan fingerprint density at radius 2 is 1.50 bits per heavy atom. The molecule has 1 aliphatic heterocycles. The summed E-state index contributed by atoms with van der Waals surface area (Å²) in [6.07, 6.45) is 0.537. The van der Waals surface area contributed by atoms with Crippen LogP contribution in [0.4, 0.5) is 0 Å². The summed E-state index contributed by atoms with van der Waals surface area (Å²) in [4.78, 5) is 0. The Hall–Kier alpha value is -0.0151. The summed E-state index contributed by atoms with van der Waals surface area (Å²) in [6.45, 7) is 5.96. The second kappa shape index (κ2) is 2.07. The van der Waals surface area contributed by atoms with Gasteiger partial charge in [-0.1, -0.05) is 0 Å². The molecule has 0 aromatic heterocycles.